The van der Waals surface area contributed by atoms with Gasteiger partial charge < -0.3 is 4.90 Å². The summed E-state index contributed by atoms with van der Waals surface area (Å²) in [5.74, 6) is 1.18. The number of tetrazole rings is 2. The molecule has 1 saturated carbocycles. The quantitative estimate of drug-likeness (QED) is 0.717. The Morgan fingerprint density at radius 3 is 2.28 bits per heavy atom. The molecule has 0 N–H and O–H groups in total. The van der Waals surface area contributed by atoms with Gasteiger partial charge in [0.05, 0.1) is 11.7 Å². The van der Waals surface area contributed by atoms with Crippen LogP contribution in [0.25, 0.3) is 17.3 Å². The fourth-order valence-corrected chi connectivity index (χ4v) is 3.30. The van der Waals surface area contributed by atoms with Gasteiger partial charge in [-0.1, -0.05) is 19.3 Å². The van der Waals surface area contributed by atoms with Gasteiger partial charge in [0.15, 0.2) is 0 Å². The summed E-state index contributed by atoms with van der Waals surface area (Å²) in [4.78, 5) is 2.05. The molecule has 0 saturated heterocycles. The van der Waals surface area contributed by atoms with Crippen molar-refractivity contribution < 1.29 is 0 Å². The van der Waals surface area contributed by atoms with Gasteiger partial charge in [-0.15, -0.1) is 10.2 Å². The zero-order valence-corrected chi connectivity index (χ0v) is 14.4. The van der Waals surface area contributed by atoms with E-state index in [2.05, 4.69) is 31.1 Å². The largest absolute Gasteiger partial charge is 0.378 e. The van der Waals surface area contributed by atoms with Crippen molar-refractivity contribution in [2.24, 2.45) is 0 Å². The van der Waals surface area contributed by atoms with E-state index in [4.69, 9.17) is 0 Å². The monoisotopic (exact) mass is 339 g/mol. The molecule has 0 amide bonds. The van der Waals surface area contributed by atoms with Crippen LogP contribution in [0.5, 0.6) is 0 Å². The van der Waals surface area contributed by atoms with Crippen molar-refractivity contribution >= 4 is 5.69 Å². The summed E-state index contributed by atoms with van der Waals surface area (Å²) in [5.41, 5.74) is 1.99. The highest BCUT2D eigenvalue weighted by Crippen LogP contribution is 2.30. The van der Waals surface area contributed by atoms with Crippen LogP contribution >= 0.6 is 0 Å². The first-order chi connectivity index (χ1) is 12.2. The lowest BCUT2D eigenvalue weighted by molar-refractivity contribution is 0.326. The molecule has 1 aromatic carbocycles. The minimum Gasteiger partial charge on any atom is -0.378 e. The minimum atomic E-state index is 0.319. The fraction of sp³-hybridized carbons (Fsp3) is 0.500. The molecule has 3 aromatic rings. The summed E-state index contributed by atoms with van der Waals surface area (Å²) in [5, 5.41) is 24.4. The molecule has 0 bridgehead atoms. The van der Waals surface area contributed by atoms with Gasteiger partial charge >= 0.3 is 0 Å². The third kappa shape index (κ3) is 2.97. The molecule has 0 aliphatic heterocycles. The van der Waals surface area contributed by atoms with Crippen LogP contribution in [0.2, 0.25) is 0 Å². The normalized spacial score (nSPS) is 15.4. The topological polar surface area (TPSA) is 90.4 Å². The smallest absolute Gasteiger partial charge is 0.226 e. The Morgan fingerprint density at radius 2 is 1.56 bits per heavy atom. The molecular formula is C16H21N9. The lowest BCUT2D eigenvalue weighted by Crippen LogP contribution is -2.16. The highest BCUT2D eigenvalue weighted by Gasteiger charge is 2.24. The second kappa shape index (κ2) is 6.58. The predicted octanol–water partition coefficient (Wildman–Crippen LogP) is 1.89. The Bertz CT molecular complexity index is 827. The van der Waals surface area contributed by atoms with Crippen molar-refractivity contribution in [3.05, 3.63) is 24.3 Å². The molecule has 0 radical (unpaired) electrons. The van der Waals surface area contributed by atoms with Crippen LogP contribution in [-0.2, 0) is 0 Å². The van der Waals surface area contributed by atoms with Gasteiger partial charge in [0, 0.05) is 19.8 Å². The standard InChI is InChI=1S/C16H21N9/c1-23(2)12-8-10-14(11-9-12)25-16(18-20-22-25)15-17-19-21-24(15)13-6-4-3-5-7-13/h8-11,13H,3-7H2,1-2H3. The Morgan fingerprint density at radius 1 is 0.880 bits per heavy atom. The number of aromatic nitrogens is 8. The summed E-state index contributed by atoms with van der Waals surface area (Å²) in [6, 6.07) is 8.36. The maximum absolute atomic E-state index is 4.21. The van der Waals surface area contributed by atoms with E-state index in [1.165, 1.54) is 19.3 Å². The lowest BCUT2D eigenvalue weighted by Gasteiger charge is -2.21. The van der Waals surface area contributed by atoms with Crippen LogP contribution in [0, 0.1) is 0 Å². The predicted molar refractivity (Wildman–Crippen MR) is 92.4 cm³/mol. The molecule has 130 valence electrons. The second-order valence-corrected chi connectivity index (χ2v) is 6.56. The molecule has 1 aliphatic rings. The van der Waals surface area contributed by atoms with Gasteiger partial charge in [-0.2, -0.15) is 4.68 Å². The maximum atomic E-state index is 4.21. The molecule has 9 heteroatoms. The molecule has 25 heavy (non-hydrogen) atoms. The molecular weight excluding hydrogens is 318 g/mol. The van der Waals surface area contributed by atoms with E-state index in [1.54, 1.807) is 4.68 Å². The maximum Gasteiger partial charge on any atom is 0.226 e. The molecule has 0 unspecified atom stereocenters. The highest BCUT2D eigenvalue weighted by atomic mass is 15.6. The van der Waals surface area contributed by atoms with Crippen molar-refractivity contribution in [2.45, 2.75) is 38.1 Å². The average molecular weight is 339 g/mol. The Labute approximate surface area is 145 Å². The molecule has 0 atom stereocenters. The van der Waals surface area contributed by atoms with Crippen LogP contribution in [0.1, 0.15) is 38.1 Å². The Balaban J connectivity index is 1.69. The summed E-state index contributed by atoms with van der Waals surface area (Å²) >= 11 is 0. The number of hydrogen-bond donors (Lipinski definition) is 0. The first kappa shape index (κ1) is 15.7. The Kier molecular flexibility index (Phi) is 4.12. The van der Waals surface area contributed by atoms with Crippen LogP contribution in [0.3, 0.4) is 0 Å². The number of rotatable bonds is 4. The van der Waals surface area contributed by atoms with Crippen molar-refractivity contribution in [3.63, 3.8) is 0 Å². The molecule has 2 heterocycles. The van der Waals surface area contributed by atoms with Crippen molar-refractivity contribution in [3.8, 4) is 17.3 Å². The van der Waals surface area contributed by atoms with Gasteiger partial charge in [0.1, 0.15) is 0 Å². The average Bonchev–Trinajstić information content (AvgIpc) is 3.31. The molecule has 1 fully saturated rings. The second-order valence-electron chi connectivity index (χ2n) is 6.56. The number of anilines is 1. The molecule has 1 aliphatic carbocycles. The summed E-state index contributed by atoms with van der Waals surface area (Å²) in [6.07, 6.45) is 5.89. The van der Waals surface area contributed by atoms with E-state index in [0.717, 1.165) is 24.2 Å². The molecule has 9 nitrogen and oxygen atoms in total. The van der Waals surface area contributed by atoms with Crippen LogP contribution < -0.4 is 4.90 Å². The van der Waals surface area contributed by atoms with Crippen molar-refractivity contribution in [1.82, 2.24) is 40.4 Å². The third-order valence-electron chi connectivity index (χ3n) is 4.69. The number of hydrogen-bond acceptors (Lipinski definition) is 7. The first-order valence-electron chi connectivity index (χ1n) is 8.58. The van der Waals surface area contributed by atoms with Crippen molar-refractivity contribution in [2.75, 3.05) is 19.0 Å². The van der Waals surface area contributed by atoms with Gasteiger partial charge in [0.25, 0.3) is 0 Å². The van der Waals surface area contributed by atoms with Crippen LogP contribution in [0.15, 0.2) is 24.3 Å². The van der Waals surface area contributed by atoms with Crippen LogP contribution in [0.4, 0.5) is 5.69 Å². The van der Waals surface area contributed by atoms with Gasteiger partial charge in [-0.3, -0.25) is 0 Å². The van der Waals surface area contributed by atoms with Crippen LogP contribution in [-0.4, -0.2) is 54.5 Å². The highest BCUT2D eigenvalue weighted by molar-refractivity contribution is 5.53. The van der Waals surface area contributed by atoms with Gasteiger partial charge in [0.2, 0.25) is 11.6 Å². The molecule has 0 spiro atoms. The fourth-order valence-electron chi connectivity index (χ4n) is 3.30. The van der Waals surface area contributed by atoms with E-state index < -0.39 is 0 Å². The van der Waals surface area contributed by atoms with E-state index in [0.29, 0.717) is 17.7 Å². The Hall–Kier alpha value is -2.84. The zero-order valence-electron chi connectivity index (χ0n) is 14.4. The molecule has 2 aromatic heterocycles. The first-order valence-corrected chi connectivity index (χ1v) is 8.58. The van der Waals surface area contributed by atoms with E-state index in [1.807, 2.05) is 47.9 Å². The summed E-state index contributed by atoms with van der Waals surface area (Å²) in [7, 11) is 4.02. The SMILES string of the molecule is CN(C)c1ccc(-n2nnnc2-c2nnnn2C2CCCCC2)cc1. The van der Waals surface area contributed by atoms with Gasteiger partial charge in [-0.05, 0) is 58.0 Å². The minimum absolute atomic E-state index is 0.319. The lowest BCUT2D eigenvalue weighted by atomic mass is 9.95. The van der Waals surface area contributed by atoms with Crippen molar-refractivity contribution in [1.29, 1.82) is 0 Å². The van der Waals surface area contributed by atoms with E-state index in [9.17, 15) is 0 Å². The third-order valence-corrected chi connectivity index (χ3v) is 4.69. The number of benzene rings is 1. The van der Waals surface area contributed by atoms with Gasteiger partial charge in [-0.25, -0.2) is 4.68 Å². The van der Waals surface area contributed by atoms with E-state index in [-0.39, 0.29) is 0 Å². The molecule has 4 rings (SSSR count). The van der Waals surface area contributed by atoms with E-state index >= 15 is 0 Å². The number of nitrogens with zero attached hydrogens (tertiary/aromatic N) is 9. The summed E-state index contributed by atoms with van der Waals surface area (Å²) < 4.78 is 3.57. The zero-order chi connectivity index (χ0) is 17.2. The summed E-state index contributed by atoms with van der Waals surface area (Å²) in [6.45, 7) is 0.